The van der Waals surface area contributed by atoms with Crippen molar-refractivity contribution in [1.82, 2.24) is 19.5 Å². The normalized spacial score (nSPS) is 13.2. The average Bonchev–Trinajstić information content (AvgIpc) is 3.56. The smallest absolute Gasteiger partial charge is 0.238 e. The van der Waals surface area contributed by atoms with Crippen LogP contribution in [0.3, 0.4) is 0 Å². The van der Waals surface area contributed by atoms with Crippen molar-refractivity contribution in [3.63, 3.8) is 0 Å². The van der Waals surface area contributed by atoms with Crippen LogP contribution in [0.15, 0.2) is 134 Å². The van der Waals surface area contributed by atoms with E-state index in [0.717, 1.165) is 38.9 Å². The van der Waals surface area contributed by atoms with E-state index in [1.807, 2.05) is 66.7 Å². The Labute approximate surface area is 269 Å². The Bertz CT molecular complexity index is 2240. The molecule has 0 N–H and O–H groups in total. The summed E-state index contributed by atoms with van der Waals surface area (Å²) in [4.78, 5) is 15.0. The highest BCUT2D eigenvalue weighted by molar-refractivity contribution is 5.97. The molecule has 0 atom stereocenters. The minimum Gasteiger partial charge on any atom is -0.278 e. The van der Waals surface area contributed by atoms with Gasteiger partial charge in [0.05, 0.1) is 11.2 Å². The second-order valence-electron chi connectivity index (χ2n) is 12.2. The highest BCUT2D eigenvalue weighted by Crippen LogP contribution is 2.48. The van der Waals surface area contributed by atoms with Crippen LogP contribution in [0.1, 0.15) is 41.8 Å². The van der Waals surface area contributed by atoms with E-state index in [1.165, 1.54) is 22.3 Å². The summed E-state index contributed by atoms with van der Waals surface area (Å²) < 4.78 is 2.10. The Balaban J connectivity index is 1.28. The third-order valence-electron chi connectivity index (χ3n) is 9.08. The molecule has 0 saturated heterocycles. The number of hydrogen-bond acceptors (Lipinski definition) is 3. The van der Waals surface area contributed by atoms with Crippen LogP contribution in [0.25, 0.3) is 69.0 Å². The molecule has 7 aromatic rings. The first kappa shape index (κ1) is 27.7. The SMILES string of the molecule is C=Cc1c(/C=C/c2ccc3c(c2)C(C)(C)c2ccccc2-3)c2ccccc2n1-c1nc(-c2ccccc2)nc(-c2ccccc2)n1. The van der Waals surface area contributed by atoms with Crippen LogP contribution in [0.5, 0.6) is 0 Å². The van der Waals surface area contributed by atoms with Crippen molar-refractivity contribution in [2.75, 3.05) is 0 Å². The Hall–Kier alpha value is -5.87. The van der Waals surface area contributed by atoms with Gasteiger partial charge in [-0.3, -0.25) is 4.57 Å². The molecular formula is C42H32N4. The van der Waals surface area contributed by atoms with Gasteiger partial charge in [0.15, 0.2) is 11.6 Å². The summed E-state index contributed by atoms with van der Waals surface area (Å²) in [6, 6.07) is 44.1. The van der Waals surface area contributed by atoms with E-state index < -0.39 is 0 Å². The fourth-order valence-electron chi connectivity index (χ4n) is 6.78. The molecule has 4 nitrogen and oxygen atoms in total. The van der Waals surface area contributed by atoms with E-state index in [0.29, 0.717) is 17.6 Å². The lowest BCUT2D eigenvalue weighted by Crippen LogP contribution is -2.14. The largest absolute Gasteiger partial charge is 0.278 e. The molecule has 2 aromatic heterocycles. The van der Waals surface area contributed by atoms with E-state index in [-0.39, 0.29) is 5.41 Å². The summed E-state index contributed by atoms with van der Waals surface area (Å²) in [7, 11) is 0. The predicted octanol–water partition coefficient (Wildman–Crippen LogP) is 10.3. The van der Waals surface area contributed by atoms with E-state index in [1.54, 1.807) is 0 Å². The van der Waals surface area contributed by atoms with Crippen molar-refractivity contribution in [3.05, 3.63) is 162 Å². The minimum atomic E-state index is -0.0519. The van der Waals surface area contributed by atoms with Gasteiger partial charge in [0, 0.05) is 27.5 Å². The van der Waals surface area contributed by atoms with Crippen molar-refractivity contribution in [1.29, 1.82) is 0 Å². The van der Waals surface area contributed by atoms with Gasteiger partial charge < -0.3 is 0 Å². The molecule has 0 fully saturated rings. The highest BCUT2D eigenvalue weighted by atomic mass is 15.2. The summed E-state index contributed by atoms with van der Waals surface area (Å²) >= 11 is 0. The molecule has 1 aliphatic carbocycles. The van der Waals surface area contributed by atoms with Gasteiger partial charge in [-0.2, -0.15) is 9.97 Å². The zero-order valence-corrected chi connectivity index (χ0v) is 25.9. The number of fused-ring (bicyclic) bond motifs is 4. The van der Waals surface area contributed by atoms with Crippen LogP contribution in [-0.2, 0) is 5.41 Å². The predicted molar refractivity (Wildman–Crippen MR) is 191 cm³/mol. The molecule has 0 spiro atoms. The minimum absolute atomic E-state index is 0.0519. The summed E-state index contributed by atoms with van der Waals surface area (Å²) in [5, 5.41) is 1.10. The summed E-state index contributed by atoms with van der Waals surface area (Å²) in [5.74, 6) is 1.79. The van der Waals surface area contributed by atoms with Crippen molar-refractivity contribution in [2.24, 2.45) is 0 Å². The Morgan fingerprint density at radius 1 is 0.609 bits per heavy atom. The molecule has 0 radical (unpaired) electrons. The van der Waals surface area contributed by atoms with E-state index >= 15 is 0 Å². The molecule has 0 saturated carbocycles. The lowest BCUT2D eigenvalue weighted by molar-refractivity contribution is 0.660. The Morgan fingerprint density at radius 2 is 1.22 bits per heavy atom. The van der Waals surface area contributed by atoms with Crippen LogP contribution in [0, 0.1) is 0 Å². The van der Waals surface area contributed by atoms with Crippen LogP contribution < -0.4 is 0 Å². The van der Waals surface area contributed by atoms with Crippen molar-refractivity contribution in [2.45, 2.75) is 19.3 Å². The molecule has 0 unspecified atom stereocenters. The third-order valence-corrected chi connectivity index (χ3v) is 9.08. The molecular weight excluding hydrogens is 560 g/mol. The standard InChI is InChI=1S/C42H32N4/c1-4-37-34(26-24-28-23-25-32-31-19-11-13-21-35(31)42(2,3)36(32)27-28)33-20-12-14-22-38(33)46(37)41-44-39(29-15-7-5-8-16-29)43-40(45-41)30-17-9-6-10-18-30/h4-27H,1H2,2-3H3/b26-24+. The first-order valence-corrected chi connectivity index (χ1v) is 15.6. The number of para-hydroxylation sites is 1. The van der Waals surface area contributed by atoms with Crippen LogP contribution in [0.4, 0.5) is 0 Å². The fourth-order valence-corrected chi connectivity index (χ4v) is 6.78. The van der Waals surface area contributed by atoms with E-state index in [2.05, 4.69) is 104 Å². The number of nitrogens with zero attached hydrogens (tertiary/aromatic N) is 4. The Morgan fingerprint density at radius 3 is 1.91 bits per heavy atom. The highest BCUT2D eigenvalue weighted by Gasteiger charge is 2.35. The summed E-state index contributed by atoms with van der Waals surface area (Å²) in [5.41, 5.74) is 11.4. The summed E-state index contributed by atoms with van der Waals surface area (Å²) in [6.45, 7) is 8.88. The number of hydrogen-bond donors (Lipinski definition) is 0. The topological polar surface area (TPSA) is 43.6 Å². The van der Waals surface area contributed by atoms with Gasteiger partial charge in [0.25, 0.3) is 0 Å². The molecule has 1 aliphatic rings. The fraction of sp³-hybridized carbons (Fsp3) is 0.0714. The first-order valence-electron chi connectivity index (χ1n) is 15.6. The first-order chi connectivity index (χ1) is 22.5. The van der Waals surface area contributed by atoms with Gasteiger partial charge in [-0.05, 0) is 40.0 Å². The number of benzene rings is 5. The average molecular weight is 593 g/mol. The molecule has 0 bridgehead atoms. The van der Waals surface area contributed by atoms with Gasteiger partial charge in [0.2, 0.25) is 5.95 Å². The van der Waals surface area contributed by atoms with Crippen molar-refractivity contribution < 1.29 is 0 Å². The third kappa shape index (κ3) is 4.50. The van der Waals surface area contributed by atoms with Gasteiger partial charge in [-0.25, -0.2) is 4.98 Å². The quantitative estimate of drug-likeness (QED) is 0.193. The molecule has 8 rings (SSSR count). The lowest BCUT2D eigenvalue weighted by Gasteiger charge is -2.21. The summed E-state index contributed by atoms with van der Waals surface area (Å²) in [6.07, 6.45) is 6.30. The second kappa shape index (κ2) is 10.9. The lowest BCUT2D eigenvalue weighted by atomic mass is 9.82. The molecule has 5 aromatic carbocycles. The molecule has 220 valence electrons. The number of rotatable bonds is 6. The maximum atomic E-state index is 5.03. The maximum Gasteiger partial charge on any atom is 0.238 e. The van der Waals surface area contributed by atoms with Crippen LogP contribution in [-0.4, -0.2) is 19.5 Å². The van der Waals surface area contributed by atoms with Crippen LogP contribution >= 0.6 is 0 Å². The zero-order valence-electron chi connectivity index (χ0n) is 25.9. The van der Waals surface area contributed by atoms with Gasteiger partial charge in [-0.15, -0.1) is 0 Å². The van der Waals surface area contributed by atoms with Crippen molar-refractivity contribution >= 4 is 29.1 Å². The van der Waals surface area contributed by atoms with Crippen LogP contribution in [0.2, 0.25) is 0 Å². The maximum absolute atomic E-state index is 5.03. The number of aromatic nitrogens is 4. The monoisotopic (exact) mass is 592 g/mol. The van der Waals surface area contributed by atoms with E-state index in [9.17, 15) is 0 Å². The Kier molecular flexibility index (Phi) is 6.58. The molecule has 0 amide bonds. The molecule has 46 heavy (non-hydrogen) atoms. The van der Waals surface area contributed by atoms with Gasteiger partial charge >= 0.3 is 0 Å². The zero-order chi connectivity index (χ0) is 31.3. The molecule has 4 heteroatoms. The second-order valence-corrected chi connectivity index (χ2v) is 12.2. The molecule has 2 heterocycles. The van der Waals surface area contributed by atoms with Crippen molar-refractivity contribution in [3.8, 4) is 39.9 Å². The van der Waals surface area contributed by atoms with E-state index in [4.69, 9.17) is 15.0 Å². The van der Waals surface area contributed by atoms with Gasteiger partial charge in [0.1, 0.15) is 0 Å². The van der Waals surface area contributed by atoms with Gasteiger partial charge in [-0.1, -0.05) is 154 Å². The molecule has 0 aliphatic heterocycles.